The van der Waals surface area contributed by atoms with Gasteiger partial charge in [-0.1, -0.05) is 6.08 Å². The van der Waals surface area contributed by atoms with E-state index >= 15 is 0 Å². The van der Waals surface area contributed by atoms with Crippen molar-refractivity contribution in [3.63, 3.8) is 0 Å². The second kappa shape index (κ2) is 6.56. The summed E-state index contributed by atoms with van der Waals surface area (Å²) in [7, 11) is -4.19. The largest absolute Gasteiger partial charge is 0.395 e. The van der Waals surface area contributed by atoms with Gasteiger partial charge in [0.25, 0.3) is 0 Å². The van der Waals surface area contributed by atoms with Gasteiger partial charge in [0.2, 0.25) is 10.0 Å². The van der Waals surface area contributed by atoms with E-state index in [2.05, 4.69) is 22.5 Å². The van der Waals surface area contributed by atoms with Crippen molar-refractivity contribution in [2.45, 2.75) is 4.90 Å². The Balaban J connectivity index is 3.37. The van der Waals surface area contributed by atoms with Crippen molar-refractivity contribution in [2.24, 2.45) is 0 Å². The molecule has 0 aliphatic rings. The monoisotopic (exact) mass is 355 g/mol. The van der Waals surface area contributed by atoms with Crippen molar-refractivity contribution < 1.29 is 22.3 Å². The van der Waals surface area contributed by atoms with Crippen LogP contribution in [0.5, 0.6) is 0 Å². The van der Waals surface area contributed by atoms with Gasteiger partial charge < -0.3 is 5.11 Å². The van der Waals surface area contributed by atoms with Gasteiger partial charge in [-0.05, 0) is 22.0 Å². The summed E-state index contributed by atoms with van der Waals surface area (Å²) in [4.78, 5) is -0.663. The van der Waals surface area contributed by atoms with Crippen molar-refractivity contribution in [1.82, 2.24) is 4.31 Å². The summed E-state index contributed by atoms with van der Waals surface area (Å²) in [5.74, 6) is -2.08. The first kappa shape index (κ1) is 16.2. The quantitative estimate of drug-likeness (QED) is 0.792. The Hall–Kier alpha value is -0.830. The third-order valence-electron chi connectivity index (χ3n) is 2.24. The summed E-state index contributed by atoms with van der Waals surface area (Å²) in [6.07, 6.45) is 1.31. The molecule has 8 heteroatoms. The number of rotatable bonds is 6. The molecule has 0 heterocycles. The van der Waals surface area contributed by atoms with E-state index in [1.165, 1.54) is 6.08 Å². The molecule has 106 valence electrons. The molecule has 4 nitrogen and oxygen atoms in total. The number of hydrogen-bond acceptors (Lipinski definition) is 3. The molecular weight excluding hydrogens is 344 g/mol. The Morgan fingerprint density at radius 3 is 2.53 bits per heavy atom. The predicted octanol–water partition coefficient (Wildman–Crippen LogP) is 1.90. The summed E-state index contributed by atoms with van der Waals surface area (Å²) in [5.41, 5.74) is 0. The van der Waals surface area contributed by atoms with E-state index in [9.17, 15) is 17.2 Å². The predicted molar refractivity (Wildman–Crippen MR) is 70.1 cm³/mol. The Labute approximate surface area is 118 Å². The van der Waals surface area contributed by atoms with Gasteiger partial charge in [0, 0.05) is 23.6 Å². The molecule has 0 bridgehead atoms. The maximum absolute atomic E-state index is 13.7. The van der Waals surface area contributed by atoms with Gasteiger partial charge >= 0.3 is 0 Å². The SMILES string of the molecule is C=CCN(CCO)S(=O)(=O)c1c(F)cc(F)cc1Br. The highest BCUT2D eigenvalue weighted by Crippen LogP contribution is 2.28. The summed E-state index contributed by atoms with van der Waals surface area (Å²) in [6, 6.07) is 1.35. The molecule has 1 aromatic carbocycles. The maximum Gasteiger partial charge on any atom is 0.247 e. The molecule has 0 saturated carbocycles. The van der Waals surface area contributed by atoms with Crippen LogP contribution in [0.3, 0.4) is 0 Å². The highest BCUT2D eigenvalue weighted by molar-refractivity contribution is 9.10. The number of aliphatic hydroxyl groups excluding tert-OH is 1. The minimum absolute atomic E-state index is 0.0911. The van der Waals surface area contributed by atoms with E-state index in [0.29, 0.717) is 6.07 Å². The van der Waals surface area contributed by atoms with Crippen LogP contribution in [0.15, 0.2) is 34.2 Å². The molecule has 0 radical (unpaired) electrons. The van der Waals surface area contributed by atoms with E-state index in [-0.39, 0.29) is 17.6 Å². The number of hydrogen-bond donors (Lipinski definition) is 1. The van der Waals surface area contributed by atoms with Crippen LogP contribution in [-0.2, 0) is 10.0 Å². The smallest absolute Gasteiger partial charge is 0.247 e. The Kier molecular flexibility index (Phi) is 5.60. The Bertz CT molecular complexity index is 554. The molecule has 0 saturated heterocycles. The molecule has 0 aliphatic carbocycles. The third kappa shape index (κ3) is 3.59. The average molecular weight is 356 g/mol. The Morgan fingerprint density at radius 1 is 1.42 bits per heavy atom. The first-order valence-electron chi connectivity index (χ1n) is 5.21. The topological polar surface area (TPSA) is 57.6 Å². The summed E-state index contributed by atoms with van der Waals surface area (Å²) in [6.45, 7) is 2.67. The fraction of sp³-hybridized carbons (Fsp3) is 0.273. The fourth-order valence-corrected chi connectivity index (χ4v) is 3.98. The molecule has 1 rings (SSSR count). The van der Waals surface area contributed by atoms with Crippen molar-refractivity contribution in [2.75, 3.05) is 19.7 Å². The maximum atomic E-state index is 13.7. The molecule has 0 unspecified atom stereocenters. The van der Waals surface area contributed by atoms with Crippen molar-refractivity contribution in [3.05, 3.63) is 40.9 Å². The fourth-order valence-electron chi connectivity index (χ4n) is 1.47. The molecule has 0 aromatic heterocycles. The van der Waals surface area contributed by atoms with Crippen LogP contribution >= 0.6 is 15.9 Å². The van der Waals surface area contributed by atoms with Crippen LogP contribution in [0.25, 0.3) is 0 Å². The number of nitrogens with zero attached hydrogens (tertiary/aromatic N) is 1. The third-order valence-corrected chi connectivity index (χ3v) is 5.07. The normalized spacial score (nSPS) is 11.8. The van der Waals surface area contributed by atoms with Crippen LogP contribution < -0.4 is 0 Å². The van der Waals surface area contributed by atoms with E-state index in [1.54, 1.807) is 0 Å². The lowest BCUT2D eigenvalue weighted by Gasteiger charge is -2.20. The average Bonchev–Trinajstić information content (AvgIpc) is 2.26. The highest BCUT2D eigenvalue weighted by Gasteiger charge is 2.29. The lowest BCUT2D eigenvalue weighted by atomic mass is 10.3. The molecule has 0 fully saturated rings. The number of benzene rings is 1. The van der Waals surface area contributed by atoms with Crippen molar-refractivity contribution >= 4 is 26.0 Å². The molecule has 1 N–H and O–H groups in total. The van der Waals surface area contributed by atoms with Gasteiger partial charge in [-0.15, -0.1) is 6.58 Å². The number of aliphatic hydroxyl groups is 1. The molecule has 19 heavy (non-hydrogen) atoms. The zero-order valence-electron chi connectivity index (χ0n) is 9.81. The van der Waals surface area contributed by atoms with Gasteiger partial charge in [-0.2, -0.15) is 4.31 Å². The second-order valence-electron chi connectivity index (χ2n) is 3.57. The van der Waals surface area contributed by atoms with Crippen molar-refractivity contribution in [3.8, 4) is 0 Å². The Morgan fingerprint density at radius 2 is 2.05 bits per heavy atom. The standard InChI is InChI=1S/C11H12BrF2NO3S/c1-2-3-15(4-5-16)19(17,18)11-9(12)6-8(13)7-10(11)14/h2,6-7,16H,1,3-5H2. The molecular formula is C11H12BrF2NO3S. The molecule has 0 amide bonds. The van der Waals surface area contributed by atoms with Gasteiger partial charge in [0.1, 0.15) is 16.5 Å². The van der Waals surface area contributed by atoms with Crippen LogP contribution in [-0.4, -0.2) is 37.5 Å². The van der Waals surface area contributed by atoms with Crippen molar-refractivity contribution in [1.29, 1.82) is 0 Å². The summed E-state index contributed by atoms with van der Waals surface area (Å²) < 4.78 is 51.8. The van der Waals surface area contributed by atoms with Gasteiger partial charge in [0.05, 0.1) is 6.61 Å². The lowest BCUT2D eigenvalue weighted by molar-refractivity contribution is 0.260. The van der Waals surface area contributed by atoms with E-state index < -0.39 is 33.2 Å². The van der Waals surface area contributed by atoms with Gasteiger partial charge in [-0.25, -0.2) is 17.2 Å². The lowest BCUT2D eigenvalue weighted by Crippen LogP contribution is -2.34. The zero-order valence-corrected chi connectivity index (χ0v) is 12.2. The highest BCUT2D eigenvalue weighted by atomic mass is 79.9. The summed E-state index contributed by atoms with van der Waals surface area (Å²) >= 11 is 2.83. The molecule has 0 atom stereocenters. The number of sulfonamides is 1. The second-order valence-corrected chi connectivity index (χ2v) is 6.30. The molecule has 0 spiro atoms. The van der Waals surface area contributed by atoms with Crippen LogP contribution in [0.2, 0.25) is 0 Å². The first-order valence-corrected chi connectivity index (χ1v) is 7.44. The van der Waals surface area contributed by atoms with Gasteiger partial charge in [0.15, 0.2) is 0 Å². The van der Waals surface area contributed by atoms with E-state index in [1.807, 2.05) is 0 Å². The van der Waals surface area contributed by atoms with E-state index in [0.717, 1.165) is 10.4 Å². The minimum atomic E-state index is -4.19. The van der Waals surface area contributed by atoms with Gasteiger partial charge in [-0.3, -0.25) is 0 Å². The van der Waals surface area contributed by atoms with E-state index in [4.69, 9.17) is 5.11 Å². The van der Waals surface area contributed by atoms with Crippen LogP contribution in [0, 0.1) is 11.6 Å². The molecule has 1 aromatic rings. The zero-order chi connectivity index (χ0) is 14.6. The van der Waals surface area contributed by atoms with Crippen LogP contribution in [0.4, 0.5) is 8.78 Å². The van der Waals surface area contributed by atoms with Crippen LogP contribution in [0.1, 0.15) is 0 Å². The molecule has 0 aliphatic heterocycles. The summed E-state index contributed by atoms with van der Waals surface area (Å²) in [5, 5.41) is 8.85. The minimum Gasteiger partial charge on any atom is -0.395 e. The first-order chi connectivity index (χ1) is 8.84. The number of halogens is 3.